The molecule has 4 rings (SSSR count). The number of likely N-dealkylation sites (tertiary alicyclic amines) is 1. The first-order valence-corrected chi connectivity index (χ1v) is 12.6. The zero-order valence-electron chi connectivity index (χ0n) is 20.4. The molecule has 1 unspecified atom stereocenters. The monoisotopic (exact) mass is 499 g/mol. The van der Waals surface area contributed by atoms with Crippen LogP contribution in [-0.2, 0) is 11.3 Å². The van der Waals surface area contributed by atoms with E-state index < -0.39 is 11.2 Å². The van der Waals surface area contributed by atoms with Crippen LogP contribution in [0, 0.1) is 19.7 Å². The number of hydrogen-bond donors (Lipinski definition) is 1. The van der Waals surface area contributed by atoms with Crippen molar-refractivity contribution in [3.05, 3.63) is 58.4 Å². The van der Waals surface area contributed by atoms with E-state index in [1.54, 1.807) is 32.9 Å². The van der Waals surface area contributed by atoms with Gasteiger partial charge in [-0.3, -0.25) is 14.3 Å². The molecular formula is C25H30FN5O3S. The van der Waals surface area contributed by atoms with E-state index in [1.165, 1.54) is 37.4 Å². The highest BCUT2D eigenvalue weighted by atomic mass is 32.2. The van der Waals surface area contributed by atoms with E-state index >= 15 is 0 Å². The van der Waals surface area contributed by atoms with Gasteiger partial charge in [-0.2, -0.15) is 0 Å². The molecule has 1 atom stereocenters. The average molecular weight is 500 g/mol. The number of aromatic nitrogens is 4. The molecular weight excluding hydrogens is 469 g/mol. The molecule has 0 bridgehead atoms. The predicted octanol–water partition coefficient (Wildman–Crippen LogP) is 4.49. The number of piperidine rings is 1. The van der Waals surface area contributed by atoms with Crippen molar-refractivity contribution < 1.29 is 18.7 Å². The Hall–Kier alpha value is -2.98. The lowest BCUT2D eigenvalue weighted by molar-refractivity contribution is 0.0599. The Bertz CT molecular complexity index is 1210. The second-order valence-corrected chi connectivity index (χ2v) is 10.1. The molecule has 35 heavy (non-hydrogen) atoms. The van der Waals surface area contributed by atoms with Crippen molar-refractivity contribution in [3.8, 4) is 5.69 Å². The summed E-state index contributed by atoms with van der Waals surface area (Å²) in [6.45, 7) is 7.91. The van der Waals surface area contributed by atoms with Crippen molar-refractivity contribution in [1.82, 2.24) is 24.6 Å². The number of esters is 1. The van der Waals surface area contributed by atoms with Crippen LogP contribution in [-0.4, -0.2) is 61.9 Å². The van der Waals surface area contributed by atoms with Crippen molar-refractivity contribution in [1.29, 1.82) is 0 Å². The van der Waals surface area contributed by atoms with Crippen molar-refractivity contribution in [3.63, 3.8) is 0 Å². The van der Waals surface area contributed by atoms with Crippen LogP contribution in [0.15, 0.2) is 29.4 Å². The number of ether oxygens (including phenoxy) is 1. The summed E-state index contributed by atoms with van der Waals surface area (Å²) in [5.74, 6) is -0.206. The Balaban J connectivity index is 1.62. The lowest BCUT2D eigenvalue weighted by Gasteiger charge is -2.26. The van der Waals surface area contributed by atoms with Crippen molar-refractivity contribution in [2.45, 2.75) is 57.0 Å². The van der Waals surface area contributed by atoms with Gasteiger partial charge in [-0.25, -0.2) is 9.18 Å². The van der Waals surface area contributed by atoms with E-state index in [0.717, 1.165) is 37.4 Å². The summed E-state index contributed by atoms with van der Waals surface area (Å²) >= 11 is 1.28. The van der Waals surface area contributed by atoms with Gasteiger partial charge in [0, 0.05) is 11.4 Å². The summed E-state index contributed by atoms with van der Waals surface area (Å²) in [5.41, 5.74) is 2.66. The van der Waals surface area contributed by atoms with Crippen LogP contribution in [0.4, 0.5) is 4.39 Å². The molecule has 1 aromatic carbocycles. The molecule has 1 fully saturated rings. The first-order valence-electron chi connectivity index (χ1n) is 11.7. The van der Waals surface area contributed by atoms with Gasteiger partial charge in [0.25, 0.3) is 0 Å². The van der Waals surface area contributed by atoms with Gasteiger partial charge < -0.3 is 9.72 Å². The smallest absolute Gasteiger partial charge is 0.339 e. The minimum Gasteiger partial charge on any atom is -0.465 e. The molecule has 3 aromatic rings. The third-order valence-electron chi connectivity index (χ3n) is 6.32. The van der Waals surface area contributed by atoms with Crippen molar-refractivity contribution >= 4 is 23.5 Å². The van der Waals surface area contributed by atoms with E-state index in [-0.39, 0.29) is 11.6 Å². The number of nitrogens with zero attached hydrogens (tertiary/aromatic N) is 4. The average Bonchev–Trinajstić information content (AvgIpc) is 3.38. The maximum absolute atomic E-state index is 13.6. The topological polar surface area (TPSA) is 93.1 Å². The number of nitrogens with one attached hydrogen (secondary N) is 1. The van der Waals surface area contributed by atoms with Gasteiger partial charge in [0.15, 0.2) is 16.8 Å². The maximum Gasteiger partial charge on any atom is 0.339 e. The van der Waals surface area contributed by atoms with Crippen LogP contribution in [0.1, 0.15) is 64.1 Å². The maximum atomic E-state index is 13.6. The Morgan fingerprint density at radius 2 is 1.83 bits per heavy atom. The second-order valence-electron chi connectivity index (χ2n) is 8.79. The summed E-state index contributed by atoms with van der Waals surface area (Å²) in [7, 11) is 1.32. The third-order valence-corrected chi connectivity index (χ3v) is 7.37. The number of aromatic amines is 1. The minimum atomic E-state index is -0.511. The van der Waals surface area contributed by atoms with Crippen molar-refractivity contribution in [2.75, 3.05) is 20.2 Å². The Kier molecular flexibility index (Phi) is 7.71. The third kappa shape index (κ3) is 5.33. The molecule has 1 aliphatic rings. The van der Waals surface area contributed by atoms with Gasteiger partial charge in [0.05, 0.1) is 30.2 Å². The van der Waals surface area contributed by atoms with Crippen molar-refractivity contribution in [2.24, 2.45) is 0 Å². The first kappa shape index (κ1) is 25.1. The predicted molar refractivity (Wildman–Crippen MR) is 132 cm³/mol. The molecule has 1 aliphatic heterocycles. The molecule has 0 spiro atoms. The summed E-state index contributed by atoms with van der Waals surface area (Å²) in [6, 6.07) is 6.19. The number of Topliss-reactive ketones (excluding diaryl/α,β-unsaturated/α-hetero) is 1. The van der Waals surface area contributed by atoms with E-state index in [2.05, 4.69) is 20.1 Å². The number of hydrogen-bond acceptors (Lipinski definition) is 7. The minimum absolute atomic E-state index is 0.156. The highest BCUT2D eigenvalue weighted by Crippen LogP contribution is 2.30. The SMILES string of the molecule is COC(=O)c1c(C)[nH]c(C(=O)C(C)Sc2nnc(CN3CCCCC3)n2-c2ccc(F)cc2)c1C. The molecule has 2 aromatic heterocycles. The Labute approximate surface area is 208 Å². The van der Waals surface area contributed by atoms with Gasteiger partial charge in [-0.1, -0.05) is 18.2 Å². The number of aryl methyl sites for hydroxylation is 1. The largest absolute Gasteiger partial charge is 0.465 e. The summed E-state index contributed by atoms with van der Waals surface area (Å²) in [6.07, 6.45) is 3.54. The fourth-order valence-electron chi connectivity index (χ4n) is 4.47. The van der Waals surface area contributed by atoms with Crippen LogP contribution in [0.25, 0.3) is 5.69 Å². The molecule has 8 nitrogen and oxygen atoms in total. The van der Waals surface area contributed by atoms with Crippen LogP contribution in [0.5, 0.6) is 0 Å². The van der Waals surface area contributed by atoms with Gasteiger partial charge in [-0.15, -0.1) is 10.2 Å². The standard InChI is InChI=1S/C25H30FN5O3S/c1-15-21(24(33)34-4)16(2)27-22(15)23(32)17(3)35-25-29-28-20(14-30-12-6-5-7-13-30)31(25)19-10-8-18(26)9-11-19/h8-11,17,27H,5-7,12-14H2,1-4H3. The normalized spacial score (nSPS) is 15.2. The molecule has 0 amide bonds. The van der Waals surface area contributed by atoms with E-state index in [9.17, 15) is 14.0 Å². The molecule has 0 radical (unpaired) electrons. The Morgan fingerprint density at radius 1 is 1.14 bits per heavy atom. The number of carbonyl (C=O) groups is 2. The first-order chi connectivity index (χ1) is 16.8. The van der Waals surface area contributed by atoms with Gasteiger partial charge in [0.1, 0.15) is 5.82 Å². The quantitative estimate of drug-likeness (QED) is 0.277. The number of thioether (sulfide) groups is 1. The molecule has 0 saturated carbocycles. The number of H-pyrrole nitrogens is 1. The molecule has 3 heterocycles. The summed E-state index contributed by atoms with van der Waals surface area (Å²) in [4.78, 5) is 30.9. The number of ketones is 1. The molecule has 1 N–H and O–H groups in total. The number of halogens is 1. The fourth-order valence-corrected chi connectivity index (χ4v) is 5.41. The highest BCUT2D eigenvalue weighted by Gasteiger charge is 2.28. The Morgan fingerprint density at radius 3 is 2.49 bits per heavy atom. The van der Waals surface area contributed by atoms with Crippen LogP contribution >= 0.6 is 11.8 Å². The second kappa shape index (κ2) is 10.7. The number of methoxy groups -OCH3 is 1. The lowest BCUT2D eigenvalue weighted by Crippen LogP contribution is -2.30. The van der Waals surface area contributed by atoms with Crippen LogP contribution in [0.2, 0.25) is 0 Å². The molecule has 0 aliphatic carbocycles. The van der Waals surface area contributed by atoms with Crippen LogP contribution < -0.4 is 0 Å². The zero-order chi connectivity index (χ0) is 25.1. The number of benzene rings is 1. The highest BCUT2D eigenvalue weighted by molar-refractivity contribution is 8.00. The fraction of sp³-hybridized carbons (Fsp3) is 0.440. The lowest BCUT2D eigenvalue weighted by atomic mass is 10.1. The van der Waals surface area contributed by atoms with E-state index in [0.29, 0.717) is 34.2 Å². The van der Waals surface area contributed by atoms with E-state index in [1.807, 2.05) is 4.57 Å². The summed E-state index contributed by atoms with van der Waals surface area (Å²) in [5, 5.41) is 8.89. The molecule has 10 heteroatoms. The molecule has 1 saturated heterocycles. The van der Waals surface area contributed by atoms with Gasteiger partial charge >= 0.3 is 5.97 Å². The molecule has 186 valence electrons. The van der Waals surface area contributed by atoms with Crippen LogP contribution in [0.3, 0.4) is 0 Å². The number of carbonyl (C=O) groups excluding carboxylic acids is 2. The number of rotatable bonds is 8. The van der Waals surface area contributed by atoms with E-state index in [4.69, 9.17) is 4.74 Å². The van der Waals surface area contributed by atoms with Gasteiger partial charge in [0.2, 0.25) is 0 Å². The summed E-state index contributed by atoms with van der Waals surface area (Å²) < 4.78 is 20.4. The van der Waals surface area contributed by atoms with Gasteiger partial charge in [-0.05, 0) is 76.5 Å². The zero-order valence-corrected chi connectivity index (χ0v) is 21.2.